The molecular formula is C20H21FN4O4. The topological polar surface area (TPSA) is 101 Å². The monoisotopic (exact) mass is 400 g/mol. The highest BCUT2D eigenvalue weighted by Gasteiger charge is 2.37. The van der Waals surface area contributed by atoms with Crippen LogP contribution in [0.5, 0.6) is 5.75 Å². The van der Waals surface area contributed by atoms with Crippen LogP contribution in [-0.2, 0) is 6.54 Å². The van der Waals surface area contributed by atoms with Gasteiger partial charge in [-0.2, -0.15) is 5.10 Å². The molecule has 1 aromatic carbocycles. The Morgan fingerprint density at radius 1 is 1.24 bits per heavy atom. The number of fused-ring (bicyclic) bond motifs is 3. The first-order valence-corrected chi connectivity index (χ1v) is 9.36. The van der Waals surface area contributed by atoms with E-state index in [2.05, 4.69) is 5.10 Å². The van der Waals surface area contributed by atoms with Gasteiger partial charge in [-0.25, -0.2) is 9.07 Å². The maximum absolute atomic E-state index is 13.2. The van der Waals surface area contributed by atoms with E-state index in [-0.39, 0.29) is 36.6 Å². The van der Waals surface area contributed by atoms with Gasteiger partial charge in [-0.3, -0.25) is 9.59 Å². The summed E-state index contributed by atoms with van der Waals surface area (Å²) in [5.41, 5.74) is 0.903. The summed E-state index contributed by atoms with van der Waals surface area (Å²) >= 11 is 0. The number of aliphatic hydroxyl groups is 1. The highest BCUT2D eigenvalue weighted by molar-refractivity contribution is 6.05. The van der Waals surface area contributed by atoms with Gasteiger partial charge in [0.1, 0.15) is 11.2 Å². The number of amides is 1. The molecule has 2 N–H and O–H groups in total. The molecule has 0 saturated carbocycles. The number of aromatic hydroxyl groups is 1. The molecule has 0 bridgehead atoms. The summed E-state index contributed by atoms with van der Waals surface area (Å²) in [6.07, 6.45) is 0. The minimum atomic E-state index is -0.554. The van der Waals surface area contributed by atoms with Crippen molar-refractivity contribution in [1.29, 1.82) is 0 Å². The highest BCUT2D eigenvalue weighted by atomic mass is 19.1. The van der Waals surface area contributed by atoms with Crippen LogP contribution >= 0.6 is 0 Å². The highest BCUT2D eigenvalue weighted by Crippen LogP contribution is 2.37. The van der Waals surface area contributed by atoms with Gasteiger partial charge in [0.15, 0.2) is 11.4 Å². The van der Waals surface area contributed by atoms with E-state index in [1.54, 1.807) is 19.1 Å². The molecule has 0 spiro atoms. The molecule has 1 aliphatic rings. The van der Waals surface area contributed by atoms with Gasteiger partial charge in [-0.15, -0.1) is 0 Å². The molecule has 1 atom stereocenters. The lowest BCUT2D eigenvalue weighted by Crippen LogP contribution is -2.43. The number of halogens is 1. The summed E-state index contributed by atoms with van der Waals surface area (Å²) in [5.74, 6) is -1.17. The maximum Gasteiger partial charge on any atom is 0.280 e. The first-order valence-electron chi connectivity index (χ1n) is 9.36. The van der Waals surface area contributed by atoms with Crippen molar-refractivity contribution in [2.75, 3.05) is 19.7 Å². The molecule has 4 rings (SSSR count). The van der Waals surface area contributed by atoms with Crippen molar-refractivity contribution in [3.05, 3.63) is 57.4 Å². The van der Waals surface area contributed by atoms with E-state index in [0.717, 1.165) is 0 Å². The van der Waals surface area contributed by atoms with Crippen LogP contribution in [0, 0.1) is 12.7 Å². The average molecular weight is 400 g/mol. The summed E-state index contributed by atoms with van der Waals surface area (Å²) in [6, 6.07) is 5.21. The number of benzene rings is 1. The smallest absolute Gasteiger partial charge is 0.280 e. The zero-order valence-electron chi connectivity index (χ0n) is 16.1. The summed E-state index contributed by atoms with van der Waals surface area (Å²) in [5, 5.41) is 25.0. The number of carbonyl (C=O) groups is 1. The molecule has 152 valence electrons. The Balaban J connectivity index is 1.94. The Bertz CT molecular complexity index is 1170. The Morgan fingerprint density at radius 3 is 2.55 bits per heavy atom. The second-order valence-electron chi connectivity index (χ2n) is 7.15. The maximum atomic E-state index is 13.2. The van der Waals surface area contributed by atoms with Gasteiger partial charge in [0.25, 0.3) is 11.5 Å². The molecule has 1 aliphatic heterocycles. The molecule has 3 aromatic rings. The molecular weight excluding hydrogens is 379 g/mol. The van der Waals surface area contributed by atoms with Gasteiger partial charge in [0.2, 0.25) is 0 Å². The predicted octanol–water partition coefficient (Wildman–Crippen LogP) is 1.41. The lowest BCUT2D eigenvalue weighted by Gasteiger charge is -2.33. The van der Waals surface area contributed by atoms with Crippen molar-refractivity contribution in [3.63, 3.8) is 0 Å². The normalized spacial score (nSPS) is 16.5. The summed E-state index contributed by atoms with van der Waals surface area (Å²) in [4.78, 5) is 27.5. The van der Waals surface area contributed by atoms with Crippen LogP contribution in [0.4, 0.5) is 4.39 Å². The molecule has 0 saturated heterocycles. The summed E-state index contributed by atoms with van der Waals surface area (Å²) in [7, 11) is 0. The molecule has 2 aromatic heterocycles. The third kappa shape index (κ3) is 2.89. The first kappa shape index (κ1) is 19.1. The van der Waals surface area contributed by atoms with E-state index in [1.165, 1.54) is 26.3 Å². The second-order valence-corrected chi connectivity index (χ2v) is 7.15. The van der Waals surface area contributed by atoms with E-state index in [9.17, 15) is 24.2 Å². The number of hydrogen-bond acceptors (Lipinski definition) is 5. The minimum absolute atomic E-state index is 0.000588. The molecule has 9 heteroatoms. The molecule has 0 radical (unpaired) electrons. The number of carbonyl (C=O) groups excluding carboxylic acids is 1. The van der Waals surface area contributed by atoms with Gasteiger partial charge in [0, 0.05) is 13.1 Å². The molecule has 1 unspecified atom stereocenters. The first-order chi connectivity index (χ1) is 13.9. The number of hydrogen-bond donors (Lipinski definition) is 2. The Labute approximate surface area is 165 Å². The van der Waals surface area contributed by atoms with Crippen molar-refractivity contribution in [1.82, 2.24) is 19.2 Å². The number of likely N-dealkylation sites (N-methyl/N-ethyl adjacent to an activating group) is 1. The molecule has 3 heterocycles. The zero-order valence-corrected chi connectivity index (χ0v) is 16.1. The zero-order chi connectivity index (χ0) is 20.9. The van der Waals surface area contributed by atoms with Crippen molar-refractivity contribution in [3.8, 4) is 5.75 Å². The van der Waals surface area contributed by atoms with Gasteiger partial charge >= 0.3 is 0 Å². The molecule has 1 amide bonds. The van der Waals surface area contributed by atoms with Crippen molar-refractivity contribution in [2.45, 2.75) is 26.4 Å². The van der Waals surface area contributed by atoms with Crippen LogP contribution < -0.4 is 5.56 Å². The number of aromatic nitrogens is 3. The van der Waals surface area contributed by atoms with E-state index in [1.807, 2.05) is 6.92 Å². The van der Waals surface area contributed by atoms with Gasteiger partial charge < -0.3 is 19.7 Å². The van der Waals surface area contributed by atoms with Crippen LogP contribution in [0.15, 0.2) is 29.1 Å². The number of aliphatic hydroxyl groups excluding tert-OH is 1. The van der Waals surface area contributed by atoms with Crippen molar-refractivity contribution >= 4 is 16.8 Å². The van der Waals surface area contributed by atoms with Crippen molar-refractivity contribution < 1.29 is 19.4 Å². The molecule has 8 nitrogen and oxygen atoms in total. The van der Waals surface area contributed by atoms with Crippen LogP contribution in [0.1, 0.15) is 34.7 Å². The second kappa shape index (κ2) is 7.00. The van der Waals surface area contributed by atoms with E-state index in [4.69, 9.17) is 0 Å². The fourth-order valence-corrected chi connectivity index (χ4v) is 3.96. The fraction of sp³-hybridized carbons (Fsp3) is 0.350. The van der Waals surface area contributed by atoms with Crippen LogP contribution in [-0.4, -0.2) is 55.1 Å². The average Bonchev–Trinajstić information content (AvgIpc) is 3.02. The van der Waals surface area contributed by atoms with Gasteiger partial charge in [0.05, 0.1) is 30.4 Å². The molecule has 0 fully saturated rings. The van der Waals surface area contributed by atoms with Crippen LogP contribution in [0.25, 0.3) is 10.9 Å². The van der Waals surface area contributed by atoms with E-state index >= 15 is 0 Å². The van der Waals surface area contributed by atoms with E-state index in [0.29, 0.717) is 23.3 Å². The summed E-state index contributed by atoms with van der Waals surface area (Å²) in [6.45, 7) is 4.03. The third-order valence-corrected chi connectivity index (χ3v) is 5.37. The van der Waals surface area contributed by atoms with Gasteiger partial charge in [-0.05, 0) is 31.5 Å². The number of aryl methyl sites for hydroxylation is 1. The Hall–Kier alpha value is -3.20. The Morgan fingerprint density at radius 2 is 1.93 bits per heavy atom. The lowest BCUT2D eigenvalue weighted by atomic mass is 10.2. The Kier molecular flexibility index (Phi) is 4.62. The van der Waals surface area contributed by atoms with Crippen LogP contribution in [0.3, 0.4) is 0 Å². The summed E-state index contributed by atoms with van der Waals surface area (Å²) < 4.78 is 15.9. The minimum Gasteiger partial charge on any atom is -0.505 e. The number of rotatable bonds is 4. The van der Waals surface area contributed by atoms with E-state index < -0.39 is 23.3 Å². The number of nitrogens with zero attached hydrogens (tertiary/aromatic N) is 4. The lowest BCUT2D eigenvalue weighted by molar-refractivity contribution is 0.0638. The van der Waals surface area contributed by atoms with Crippen molar-refractivity contribution in [2.24, 2.45) is 0 Å². The largest absolute Gasteiger partial charge is 0.505 e. The molecule has 29 heavy (non-hydrogen) atoms. The predicted molar refractivity (Wildman–Crippen MR) is 104 cm³/mol. The standard InChI is InChI=1S/C20H21FN4O4/c1-3-23-9-14(10-26)25-16-11(2)22-24(8-12-4-6-13(21)7-5-12)19(28)15(16)18(27)17(25)20(23)29/h4-7,14,26-27H,3,8-10H2,1-2H3. The quantitative estimate of drug-likeness (QED) is 0.690. The van der Waals surface area contributed by atoms with Gasteiger partial charge in [-0.1, -0.05) is 12.1 Å². The third-order valence-electron chi connectivity index (χ3n) is 5.37. The SMILES string of the molecule is CCN1CC(CO)n2c(c(O)c3c(=O)n(Cc4ccc(F)cc4)nc(C)c32)C1=O. The molecule has 0 aliphatic carbocycles. The fourth-order valence-electron chi connectivity index (χ4n) is 3.96. The van der Waals surface area contributed by atoms with Crippen LogP contribution in [0.2, 0.25) is 0 Å².